The fourth-order valence-electron chi connectivity index (χ4n) is 1.07. The predicted octanol–water partition coefficient (Wildman–Crippen LogP) is 3.70. The molecule has 15 heavy (non-hydrogen) atoms. The van der Waals surface area contributed by atoms with Crippen molar-refractivity contribution < 1.29 is 13.2 Å². The number of thioether (sulfide) groups is 1. The summed E-state index contributed by atoms with van der Waals surface area (Å²) in [4.78, 5) is 0.847. The molecule has 0 aliphatic heterocycles. The Balaban J connectivity index is 2.30. The molecule has 0 saturated carbocycles. The Morgan fingerprint density at radius 1 is 1.20 bits per heavy atom. The molecule has 0 amide bonds. The SMILES string of the molecule is Nc1ccccc1SCCCC(F)(F)F. The van der Waals surface area contributed by atoms with Crippen LogP contribution < -0.4 is 5.73 Å². The number of para-hydroxylation sites is 1. The van der Waals surface area contributed by atoms with Crippen LogP contribution in [-0.4, -0.2) is 11.9 Å². The first-order valence-electron chi connectivity index (χ1n) is 4.53. The van der Waals surface area contributed by atoms with Gasteiger partial charge in [0.2, 0.25) is 0 Å². The molecule has 0 bridgehead atoms. The minimum atomic E-state index is -4.05. The highest BCUT2D eigenvalue weighted by atomic mass is 32.2. The van der Waals surface area contributed by atoms with E-state index in [0.717, 1.165) is 4.90 Å². The van der Waals surface area contributed by atoms with E-state index < -0.39 is 12.6 Å². The fraction of sp³-hybridized carbons (Fsp3) is 0.400. The summed E-state index contributed by atoms with van der Waals surface area (Å²) in [6, 6.07) is 7.18. The topological polar surface area (TPSA) is 26.0 Å². The number of nitrogen functional groups attached to an aromatic ring is 1. The fourth-order valence-corrected chi connectivity index (χ4v) is 1.98. The van der Waals surface area contributed by atoms with E-state index in [1.165, 1.54) is 11.8 Å². The third-order valence-corrected chi connectivity index (χ3v) is 2.96. The molecule has 0 aliphatic rings. The molecule has 0 spiro atoms. The Morgan fingerprint density at radius 3 is 2.47 bits per heavy atom. The van der Waals surface area contributed by atoms with Gasteiger partial charge in [0.15, 0.2) is 0 Å². The number of halogens is 3. The average Bonchev–Trinajstić information content (AvgIpc) is 2.13. The lowest BCUT2D eigenvalue weighted by atomic mass is 10.3. The van der Waals surface area contributed by atoms with Crippen LogP contribution in [0.2, 0.25) is 0 Å². The van der Waals surface area contributed by atoms with Gasteiger partial charge < -0.3 is 5.73 Å². The predicted molar refractivity (Wildman–Crippen MR) is 56.9 cm³/mol. The number of anilines is 1. The van der Waals surface area contributed by atoms with E-state index in [0.29, 0.717) is 11.4 Å². The van der Waals surface area contributed by atoms with Gasteiger partial charge in [0.05, 0.1) is 0 Å². The molecule has 0 atom stereocenters. The van der Waals surface area contributed by atoms with Crippen LogP contribution in [0.4, 0.5) is 18.9 Å². The van der Waals surface area contributed by atoms with Crippen molar-refractivity contribution in [1.29, 1.82) is 0 Å². The van der Waals surface area contributed by atoms with E-state index in [-0.39, 0.29) is 6.42 Å². The normalized spacial score (nSPS) is 11.7. The maximum Gasteiger partial charge on any atom is 0.389 e. The lowest BCUT2D eigenvalue weighted by molar-refractivity contribution is -0.134. The highest BCUT2D eigenvalue weighted by Gasteiger charge is 2.25. The van der Waals surface area contributed by atoms with Crippen molar-refractivity contribution >= 4 is 17.4 Å². The molecule has 1 rings (SSSR count). The van der Waals surface area contributed by atoms with Gasteiger partial charge in [0, 0.05) is 17.0 Å². The number of hydrogen-bond acceptors (Lipinski definition) is 2. The Morgan fingerprint density at radius 2 is 1.87 bits per heavy atom. The third-order valence-electron chi connectivity index (χ3n) is 1.78. The second-order valence-corrected chi connectivity index (χ2v) is 4.24. The van der Waals surface area contributed by atoms with Crippen molar-refractivity contribution in [2.24, 2.45) is 0 Å². The molecule has 0 fully saturated rings. The van der Waals surface area contributed by atoms with Crippen molar-refractivity contribution in [3.63, 3.8) is 0 Å². The van der Waals surface area contributed by atoms with Crippen LogP contribution in [0.5, 0.6) is 0 Å². The molecule has 0 heterocycles. The van der Waals surface area contributed by atoms with E-state index in [1.54, 1.807) is 12.1 Å². The first kappa shape index (κ1) is 12.2. The lowest BCUT2D eigenvalue weighted by Crippen LogP contribution is -2.06. The number of alkyl halides is 3. The zero-order valence-electron chi connectivity index (χ0n) is 8.05. The first-order valence-corrected chi connectivity index (χ1v) is 5.51. The van der Waals surface area contributed by atoms with E-state index in [1.807, 2.05) is 12.1 Å². The average molecular weight is 235 g/mol. The summed E-state index contributed by atoms with van der Waals surface area (Å²) in [6.07, 6.45) is -4.65. The molecule has 0 aromatic heterocycles. The lowest BCUT2D eigenvalue weighted by Gasteiger charge is -2.06. The zero-order valence-corrected chi connectivity index (χ0v) is 8.87. The first-order chi connectivity index (χ1) is 6.99. The standard InChI is InChI=1S/C10H12F3NS/c11-10(12,13)6-3-7-15-9-5-2-1-4-8(9)14/h1-2,4-5H,3,6-7,14H2. The maximum atomic E-state index is 11.8. The van der Waals surface area contributed by atoms with Crippen molar-refractivity contribution in [3.05, 3.63) is 24.3 Å². The van der Waals surface area contributed by atoms with Crippen molar-refractivity contribution in [3.8, 4) is 0 Å². The molecule has 0 radical (unpaired) electrons. The molecule has 1 aromatic rings. The van der Waals surface area contributed by atoms with Gasteiger partial charge >= 0.3 is 6.18 Å². The van der Waals surface area contributed by atoms with Crippen molar-refractivity contribution in [2.75, 3.05) is 11.5 Å². The van der Waals surface area contributed by atoms with Gasteiger partial charge in [-0.25, -0.2) is 0 Å². The summed E-state index contributed by atoms with van der Waals surface area (Å²) in [6.45, 7) is 0. The van der Waals surface area contributed by atoms with E-state index in [2.05, 4.69) is 0 Å². The molecule has 1 nitrogen and oxygen atoms in total. The van der Waals surface area contributed by atoms with Crippen LogP contribution >= 0.6 is 11.8 Å². The molecular formula is C10H12F3NS. The van der Waals surface area contributed by atoms with Crippen LogP contribution in [0.1, 0.15) is 12.8 Å². The highest BCUT2D eigenvalue weighted by molar-refractivity contribution is 7.99. The minimum absolute atomic E-state index is 0.127. The molecule has 84 valence electrons. The van der Waals surface area contributed by atoms with E-state index >= 15 is 0 Å². The summed E-state index contributed by atoms with van der Waals surface area (Å²) in [5, 5.41) is 0. The van der Waals surface area contributed by atoms with Gasteiger partial charge in [-0.2, -0.15) is 13.2 Å². The molecule has 2 N–H and O–H groups in total. The largest absolute Gasteiger partial charge is 0.398 e. The quantitative estimate of drug-likeness (QED) is 0.489. The third kappa shape index (κ3) is 4.97. The summed E-state index contributed by atoms with van der Waals surface area (Å²) in [5.41, 5.74) is 6.27. The van der Waals surface area contributed by atoms with Crippen molar-refractivity contribution in [2.45, 2.75) is 23.9 Å². The molecule has 5 heteroatoms. The summed E-state index contributed by atoms with van der Waals surface area (Å²) >= 11 is 1.36. The monoisotopic (exact) mass is 235 g/mol. The maximum absolute atomic E-state index is 11.8. The Bertz CT molecular complexity index is 312. The number of nitrogens with two attached hydrogens (primary N) is 1. The molecule has 0 unspecified atom stereocenters. The van der Waals surface area contributed by atoms with E-state index in [9.17, 15) is 13.2 Å². The van der Waals surface area contributed by atoms with Crippen LogP contribution in [0.15, 0.2) is 29.2 Å². The van der Waals surface area contributed by atoms with E-state index in [4.69, 9.17) is 5.73 Å². The van der Waals surface area contributed by atoms with Gasteiger partial charge in [-0.05, 0) is 24.3 Å². The van der Waals surface area contributed by atoms with Gasteiger partial charge in [0.1, 0.15) is 0 Å². The Labute approximate surface area is 90.9 Å². The molecule has 0 saturated heterocycles. The van der Waals surface area contributed by atoms with Crippen LogP contribution in [0.25, 0.3) is 0 Å². The Kier molecular flexibility index (Phi) is 4.32. The summed E-state index contributed by atoms with van der Waals surface area (Å²) in [5.74, 6) is 0.438. The second-order valence-electron chi connectivity index (χ2n) is 3.11. The smallest absolute Gasteiger partial charge is 0.389 e. The van der Waals surface area contributed by atoms with Crippen LogP contribution in [0, 0.1) is 0 Å². The second kappa shape index (κ2) is 5.30. The number of benzene rings is 1. The minimum Gasteiger partial charge on any atom is -0.398 e. The zero-order chi connectivity index (χ0) is 11.3. The van der Waals surface area contributed by atoms with Gasteiger partial charge in [-0.3, -0.25) is 0 Å². The van der Waals surface area contributed by atoms with Gasteiger partial charge in [-0.1, -0.05) is 12.1 Å². The Hall–Kier alpha value is -0.840. The van der Waals surface area contributed by atoms with Crippen LogP contribution in [0.3, 0.4) is 0 Å². The molecular weight excluding hydrogens is 223 g/mol. The van der Waals surface area contributed by atoms with Gasteiger partial charge in [-0.15, -0.1) is 11.8 Å². The highest BCUT2D eigenvalue weighted by Crippen LogP contribution is 2.28. The summed E-state index contributed by atoms with van der Waals surface area (Å²) < 4.78 is 35.5. The number of hydrogen-bond donors (Lipinski definition) is 1. The molecule has 0 aliphatic carbocycles. The molecule has 1 aromatic carbocycles. The van der Waals surface area contributed by atoms with Crippen molar-refractivity contribution in [1.82, 2.24) is 0 Å². The van der Waals surface area contributed by atoms with Gasteiger partial charge in [0.25, 0.3) is 0 Å². The number of rotatable bonds is 4. The summed E-state index contributed by atoms with van der Waals surface area (Å²) in [7, 11) is 0. The van der Waals surface area contributed by atoms with Crippen LogP contribution in [-0.2, 0) is 0 Å².